The van der Waals surface area contributed by atoms with E-state index in [4.69, 9.17) is 9.47 Å². The highest BCUT2D eigenvalue weighted by Crippen LogP contribution is 2.54. The van der Waals surface area contributed by atoms with Crippen molar-refractivity contribution in [2.45, 2.75) is 51.0 Å². The Kier molecular flexibility index (Phi) is 8.14. The lowest BCUT2D eigenvalue weighted by atomic mass is 9.77. The maximum absolute atomic E-state index is 14.9. The number of ether oxygens (including phenoxy) is 2. The molecule has 47 heavy (non-hydrogen) atoms. The average molecular weight is 636 g/mol. The average Bonchev–Trinajstić information content (AvgIpc) is 3.39. The van der Waals surface area contributed by atoms with Gasteiger partial charge in [0.15, 0.2) is 0 Å². The van der Waals surface area contributed by atoms with Crippen molar-refractivity contribution in [2.24, 2.45) is 17.8 Å². The van der Waals surface area contributed by atoms with Crippen LogP contribution in [0.25, 0.3) is 10.8 Å². The van der Waals surface area contributed by atoms with Crippen molar-refractivity contribution < 1.29 is 29.0 Å². The van der Waals surface area contributed by atoms with Crippen LogP contribution in [0.5, 0.6) is 5.75 Å². The van der Waals surface area contributed by atoms with Crippen LogP contribution in [0.15, 0.2) is 91.0 Å². The summed E-state index contributed by atoms with van der Waals surface area (Å²) in [5.41, 5.74) is 0.00788. The fraction of sp³-hybridized carbons (Fsp3) is 0.395. The smallest absolute Gasteiger partial charge is 0.253 e. The molecule has 0 bridgehead atoms. The van der Waals surface area contributed by atoms with Crippen LogP contribution in [0.2, 0.25) is 0 Å². The first kappa shape index (κ1) is 31.1. The van der Waals surface area contributed by atoms with Crippen LogP contribution in [0.3, 0.4) is 0 Å². The van der Waals surface area contributed by atoms with Crippen LogP contribution in [-0.4, -0.2) is 77.8 Å². The van der Waals surface area contributed by atoms with Gasteiger partial charge in [-0.25, -0.2) is 0 Å². The van der Waals surface area contributed by atoms with Gasteiger partial charge in [0, 0.05) is 24.5 Å². The summed E-state index contributed by atoms with van der Waals surface area (Å²) in [5, 5.41) is 12.7. The van der Waals surface area contributed by atoms with Gasteiger partial charge in [-0.15, -0.1) is 0 Å². The van der Waals surface area contributed by atoms with Crippen molar-refractivity contribution in [2.75, 3.05) is 36.1 Å². The van der Waals surface area contributed by atoms with E-state index in [1.165, 1.54) is 0 Å². The Balaban J connectivity index is 1.31. The second-order valence-electron chi connectivity index (χ2n) is 13.2. The predicted molar refractivity (Wildman–Crippen MR) is 180 cm³/mol. The summed E-state index contributed by atoms with van der Waals surface area (Å²) in [5.74, 6) is -1.82. The number of likely N-dealkylation sites (tertiary alicyclic amines) is 1. The SMILES string of the molecule is CCOc1ccc(N2CC=C[C@H]3O[C@]45C=CCN(c6ccc7ccccc7c6)C(=O)C4N([C@@H](CO)CC(C)C)C(=O)[C@@H]5[C@H]3C2=O)cc1. The van der Waals surface area contributed by atoms with Crippen molar-refractivity contribution in [3.05, 3.63) is 91.0 Å². The highest BCUT2D eigenvalue weighted by atomic mass is 16.5. The highest BCUT2D eigenvalue weighted by Gasteiger charge is 2.72. The molecule has 3 amide bonds. The minimum Gasteiger partial charge on any atom is -0.494 e. The minimum atomic E-state index is -1.39. The van der Waals surface area contributed by atoms with Crippen LogP contribution in [0.1, 0.15) is 27.2 Å². The number of hydrogen-bond donors (Lipinski definition) is 1. The van der Waals surface area contributed by atoms with E-state index in [-0.39, 0.29) is 36.8 Å². The van der Waals surface area contributed by atoms with Gasteiger partial charge in [0.1, 0.15) is 17.4 Å². The molecule has 0 saturated carbocycles. The van der Waals surface area contributed by atoms with E-state index in [1.54, 1.807) is 14.7 Å². The third-order valence-corrected chi connectivity index (χ3v) is 9.95. The molecule has 6 atom stereocenters. The normalized spacial score (nSPS) is 27.6. The molecule has 3 aromatic rings. The van der Waals surface area contributed by atoms with Crippen molar-refractivity contribution >= 4 is 39.9 Å². The number of benzene rings is 3. The Morgan fingerprint density at radius 1 is 0.894 bits per heavy atom. The zero-order valence-corrected chi connectivity index (χ0v) is 27.0. The van der Waals surface area contributed by atoms with Gasteiger partial charge < -0.3 is 29.3 Å². The fourth-order valence-electron chi connectivity index (χ4n) is 7.99. The van der Waals surface area contributed by atoms with Crippen molar-refractivity contribution in [3.8, 4) is 5.75 Å². The number of carbonyl (C=O) groups is 3. The maximum Gasteiger partial charge on any atom is 0.253 e. The molecule has 244 valence electrons. The molecule has 9 nitrogen and oxygen atoms in total. The number of hydrogen-bond acceptors (Lipinski definition) is 6. The number of aliphatic hydroxyl groups excluding tert-OH is 1. The molecular formula is C38H41N3O6. The van der Waals surface area contributed by atoms with Gasteiger partial charge in [0.05, 0.1) is 37.2 Å². The topological polar surface area (TPSA) is 99.6 Å². The molecule has 4 heterocycles. The number of anilines is 2. The highest BCUT2D eigenvalue weighted by molar-refractivity contribution is 6.08. The maximum atomic E-state index is 14.9. The molecule has 4 aliphatic heterocycles. The first-order valence-electron chi connectivity index (χ1n) is 16.6. The molecule has 2 saturated heterocycles. The van der Waals surface area contributed by atoms with Crippen LogP contribution in [-0.2, 0) is 19.1 Å². The van der Waals surface area contributed by atoms with Gasteiger partial charge in [-0.1, -0.05) is 68.5 Å². The van der Waals surface area contributed by atoms with E-state index in [0.717, 1.165) is 10.8 Å². The Hall–Kier alpha value is -4.47. The predicted octanol–water partition coefficient (Wildman–Crippen LogP) is 4.73. The second-order valence-corrected chi connectivity index (χ2v) is 13.2. The Morgan fingerprint density at radius 2 is 1.60 bits per heavy atom. The van der Waals surface area contributed by atoms with Gasteiger partial charge in [0.2, 0.25) is 11.8 Å². The molecule has 0 aromatic heterocycles. The number of nitrogens with zero attached hydrogens (tertiary/aromatic N) is 3. The van der Waals surface area contributed by atoms with Crippen molar-refractivity contribution in [1.29, 1.82) is 0 Å². The summed E-state index contributed by atoms with van der Waals surface area (Å²) in [6, 6.07) is 19.5. The number of aliphatic hydroxyl groups is 1. The number of carbonyl (C=O) groups excluding carboxylic acids is 3. The molecule has 3 aromatic carbocycles. The summed E-state index contributed by atoms with van der Waals surface area (Å²) in [7, 11) is 0. The lowest BCUT2D eigenvalue weighted by molar-refractivity contribution is -0.144. The first-order valence-corrected chi connectivity index (χ1v) is 16.6. The van der Waals surface area contributed by atoms with E-state index in [1.807, 2.05) is 112 Å². The van der Waals surface area contributed by atoms with E-state index < -0.39 is 35.6 Å². The first-order chi connectivity index (χ1) is 22.8. The number of fused-ring (bicyclic) bond motifs is 3. The Labute approximate surface area is 275 Å². The third-order valence-electron chi connectivity index (χ3n) is 9.95. The largest absolute Gasteiger partial charge is 0.494 e. The van der Waals surface area contributed by atoms with Crippen LogP contribution in [0, 0.1) is 17.8 Å². The lowest BCUT2D eigenvalue weighted by Gasteiger charge is -2.39. The summed E-state index contributed by atoms with van der Waals surface area (Å²) in [6.45, 7) is 6.79. The second kappa shape index (κ2) is 12.3. The molecule has 1 spiro atoms. The van der Waals surface area contributed by atoms with Crippen LogP contribution < -0.4 is 14.5 Å². The van der Waals surface area contributed by atoms with Crippen LogP contribution >= 0.6 is 0 Å². The van der Waals surface area contributed by atoms with Crippen molar-refractivity contribution in [3.63, 3.8) is 0 Å². The van der Waals surface area contributed by atoms with E-state index in [0.29, 0.717) is 36.7 Å². The van der Waals surface area contributed by atoms with Gasteiger partial charge in [-0.2, -0.15) is 0 Å². The fourth-order valence-corrected chi connectivity index (χ4v) is 7.99. The molecule has 4 aliphatic rings. The molecule has 1 N–H and O–H groups in total. The van der Waals surface area contributed by atoms with Gasteiger partial charge in [-0.05, 0) is 66.4 Å². The van der Waals surface area contributed by atoms with Gasteiger partial charge in [-0.3, -0.25) is 14.4 Å². The summed E-state index contributed by atoms with van der Waals surface area (Å²) < 4.78 is 12.4. The summed E-state index contributed by atoms with van der Waals surface area (Å²) in [6.07, 6.45) is 7.29. The zero-order chi connectivity index (χ0) is 32.9. The van der Waals surface area contributed by atoms with E-state index in [9.17, 15) is 19.5 Å². The lowest BCUT2D eigenvalue weighted by Crippen LogP contribution is -2.58. The van der Waals surface area contributed by atoms with E-state index in [2.05, 4.69) is 0 Å². The number of rotatable bonds is 8. The molecular weight excluding hydrogens is 594 g/mol. The molecule has 0 radical (unpaired) electrons. The van der Waals surface area contributed by atoms with Crippen molar-refractivity contribution in [1.82, 2.24) is 4.90 Å². The summed E-state index contributed by atoms with van der Waals surface area (Å²) >= 11 is 0. The molecule has 1 unspecified atom stereocenters. The summed E-state index contributed by atoms with van der Waals surface area (Å²) in [4.78, 5) is 49.1. The Morgan fingerprint density at radius 3 is 2.32 bits per heavy atom. The molecule has 2 fully saturated rings. The zero-order valence-electron chi connectivity index (χ0n) is 27.0. The minimum absolute atomic E-state index is 0.149. The third kappa shape index (κ3) is 5.12. The standard InChI is InChI=1S/C38H41N3O6/c1-4-46-30-16-14-27(15-17-30)39-19-7-11-31-32(35(39)43)33-36(44)41(29(23-42)21-24(2)3)34-37(45)40(20-8-18-38(33,34)47-31)28-13-12-25-9-5-6-10-26(25)22-28/h5-18,22,24,29,31-34,42H,4,19-21,23H2,1-3H3/t29-,31-,32+,33+,34?,38+/m1/s1. The monoisotopic (exact) mass is 635 g/mol. The molecule has 7 rings (SSSR count). The Bertz CT molecular complexity index is 1750. The quantitative estimate of drug-likeness (QED) is 0.360. The van der Waals surface area contributed by atoms with Gasteiger partial charge >= 0.3 is 0 Å². The van der Waals surface area contributed by atoms with Gasteiger partial charge in [0.25, 0.3) is 5.91 Å². The molecule has 9 heteroatoms. The van der Waals surface area contributed by atoms with Crippen LogP contribution in [0.4, 0.5) is 11.4 Å². The van der Waals surface area contributed by atoms with E-state index >= 15 is 0 Å². The molecule has 0 aliphatic carbocycles. The number of amides is 3.